The van der Waals surface area contributed by atoms with Gasteiger partial charge in [0, 0.05) is 50.9 Å². The van der Waals surface area contributed by atoms with E-state index in [2.05, 4.69) is 15.0 Å². The SMILES string of the molecule is O=C(c1cccc(OC(F)(F)F)c1)N1CCC(N2CCNCC2)C1. The first-order valence-electron chi connectivity index (χ1n) is 8.02. The molecule has 2 aliphatic rings. The number of nitrogens with one attached hydrogen (secondary N) is 1. The summed E-state index contributed by atoms with van der Waals surface area (Å²) in [4.78, 5) is 16.6. The maximum absolute atomic E-state index is 12.6. The monoisotopic (exact) mass is 343 g/mol. The highest BCUT2D eigenvalue weighted by atomic mass is 19.4. The summed E-state index contributed by atoms with van der Waals surface area (Å²) < 4.78 is 40.8. The first kappa shape index (κ1) is 17.0. The Bertz CT molecular complexity index is 588. The first-order chi connectivity index (χ1) is 11.4. The number of halogens is 3. The molecule has 0 bridgehead atoms. The fourth-order valence-corrected chi connectivity index (χ4v) is 3.28. The molecule has 0 aromatic heterocycles. The van der Waals surface area contributed by atoms with E-state index in [1.165, 1.54) is 18.2 Å². The van der Waals surface area contributed by atoms with Crippen molar-refractivity contribution in [3.63, 3.8) is 0 Å². The summed E-state index contributed by atoms with van der Waals surface area (Å²) >= 11 is 0. The van der Waals surface area contributed by atoms with Crippen molar-refractivity contribution < 1.29 is 22.7 Å². The standard InChI is InChI=1S/C16H20F3N3O2/c17-16(18,19)24-14-3-1-2-12(10-14)15(23)22-7-4-13(11-22)21-8-5-20-6-9-21/h1-3,10,13,20H,4-9,11H2. The van der Waals surface area contributed by atoms with Crippen molar-refractivity contribution in [3.8, 4) is 5.75 Å². The van der Waals surface area contributed by atoms with Crippen molar-refractivity contribution in [1.82, 2.24) is 15.1 Å². The molecule has 0 radical (unpaired) electrons. The maximum Gasteiger partial charge on any atom is 0.573 e. The minimum absolute atomic E-state index is 0.220. The smallest absolute Gasteiger partial charge is 0.406 e. The maximum atomic E-state index is 12.6. The number of amides is 1. The molecule has 2 aliphatic heterocycles. The number of nitrogens with zero attached hydrogens (tertiary/aromatic N) is 2. The van der Waals surface area contributed by atoms with Crippen LogP contribution in [-0.2, 0) is 0 Å². The van der Waals surface area contributed by atoms with Crippen molar-refractivity contribution in [2.45, 2.75) is 18.8 Å². The topological polar surface area (TPSA) is 44.8 Å². The Balaban J connectivity index is 1.63. The molecular formula is C16H20F3N3O2. The molecule has 5 nitrogen and oxygen atoms in total. The molecule has 2 saturated heterocycles. The normalized spacial score (nSPS) is 22.6. The number of ether oxygens (including phenoxy) is 1. The van der Waals surface area contributed by atoms with Crippen molar-refractivity contribution in [1.29, 1.82) is 0 Å². The number of hydrogen-bond donors (Lipinski definition) is 1. The van der Waals surface area contributed by atoms with Gasteiger partial charge >= 0.3 is 6.36 Å². The van der Waals surface area contributed by atoms with E-state index < -0.39 is 6.36 Å². The van der Waals surface area contributed by atoms with Gasteiger partial charge in [0.15, 0.2) is 0 Å². The second-order valence-electron chi connectivity index (χ2n) is 6.06. The van der Waals surface area contributed by atoms with Gasteiger partial charge in [0.2, 0.25) is 0 Å². The summed E-state index contributed by atoms with van der Waals surface area (Å²) in [7, 11) is 0. The molecule has 132 valence electrons. The molecule has 0 saturated carbocycles. The minimum Gasteiger partial charge on any atom is -0.406 e. The van der Waals surface area contributed by atoms with Gasteiger partial charge in [0.05, 0.1) is 0 Å². The Morgan fingerprint density at radius 3 is 2.67 bits per heavy atom. The number of rotatable bonds is 3. The molecule has 0 spiro atoms. The Morgan fingerprint density at radius 2 is 1.96 bits per heavy atom. The van der Waals surface area contributed by atoms with Crippen molar-refractivity contribution in [2.24, 2.45) is 0 Å². The molecule has 3 rings (SSSR count). The third kappa shape index (κ3) is 4.18. The number of likely N-dealkylation sites (tertiary alicyclic amines) is 1. The predicted octanol–water partition coefficient (Wildman–Crippen LogP) is 1.70. The largest absolute Gasteiger partial charge is 0.573 e. The van der Waals surface area contributed by atoms with Gasteiger partial charge in [-0.15, -0.1) is 13.2 Å². The third-order valence-corrected chi connectivity index (χ3v) is 4.43. The van der Waals surface area contributed by atoms with Gasteiger partial charge in [0.1, 0.15) is 5.75 Å². The third-order valence-electron chi connectivity index (χ3n) is 4.43. The lowest BCUT2D eigenvalue weighted by Gasteiger charge is -2.32. The zero-order valence-electron chi connectivity index (χ0n) is 13.2. The lowest BCUT2D eigenvalue weighted by molar-refractivity contribution is -0.274. The van der Waals surface area contributed by atoms with Gasteiger partial charge < -0.3 is 15.0 Å². The molecule has 8 heteroatoms. The highest BCUT2D eigenvalue weighted by Gasteiger charge is 2.33. The average Bonchev–Trinajstić information content (AvgIpc) is 3.03. The van der Waals surface area contributed by atoms with Crippen LogP contribution in [0.2, 0.25) is 0 Å². The summed E-state index contributed by atoms with van der Waals surface area (Å²) in [6.07, 6.45) is -3.87. The van der Waals surface area contributed by atoms with E-state index in [1.807, 2.05) is 0 Å². The lowest BCUT2D eigenvalue weighted by Crippen LogP contribution is -2.49. The molecule has 1 aromatic carbocycles. The van der Waals surface area contributed by atoms with Gasteiger partial charge in [0.25, 0.3) is 5.91 Å². The Labute approximate surface area is 138 Å². The zero-order chi connectivity index (χ0) is 17.2. The van der Waals surface area contributed by atoms with E-state index in [0.29, 0.717) is 19.1 Å². The Morgan fingerprint density at radius 1 is 1.21 bits per heavy atom. The van der Waals surface area contributed by atoms with Crippen LogP contribution in [0.25, 0.3) is 0 Å². The van der Waals surface area contributed by atoms with E-state index in [0.717, 1.165) is 38.7 Å². The van der Waals surface area contributed by atoms with Crippen LogP contribution in [-0.4, -0.2) is 67.4 Å². The second-order valence-corrected chi connectivity index (χ2v) is 6.06. The Kier molecular flexibility index (Phi) is 4.96. The molecule has 2 heterocycles. The lowest BCUT2D eigenvalue weighted by atomic mass is 10.2. The molecule has 1 aromatic rings. The molecule has 24 heavy (non-hydrogen) atoms. The van der Waals surface area contributed by atoms with Crippen LogP contribution >= 0.6 is 0 Å². The number of hydrogen-bond acceptors (Lipinski definition) is 4. The van der Waals surface area contributed by atoms with E-state index in [9.17, 15) is 18.0 Å². The Hall–Kier alpha value is -1.80. The van der Waals surface area contributed by atoms with Gasteiger partial charge in [-0.05, 0) is 24.6 Å². The fraction of sp³-hybridized carbons (Fsp3) is 0.562. The minimum atomic E-state index is -4.76. The molecule has 1 atom stereocenters. The van der Waals surface area contributed by atoms with Crippen LogP contribution in [0.15, 0.2) is 24.3 Å². The van der Waals surface area contributed by atoms with E-state index >= 15 is 0 Å². The average molecular weight is 343 g/mol. The van der Waals surface area contributed by atoms with Crippen LogP contribution < -0.4 is 10.1 Å². The van der Waals surface area contributed by atoms with Crippen LogP contribution in [0.5, 0.6) is 5.75 Å². The number of piperazine rings is 1. The number of benzene rings is 1. The molecule has 2 fully saturated rings. The summed E-state index contributed by atoms with van der Waals surface area (Å²) in [6, 6.07) is 5.58. The van der Waals surface area contributed by atoms with Gasteiger partial charge in [-0.25, -0.2) is 0 Å². The molecule has 1 amide bonds. The molecular weight excluding hydrogens is 323 g/mol. The summed E-state index contributed by atoms with van der Waals surface area (Å²) in [5.41, 5.74) is 0.220. The van der Waals surface area contributed by atoms with E-state index in [-0.39, 0.29) is 17.2 Å². The predicted molar refractivity (Wildman–Crippen MR) is 81.9 cm³/mol. The fourth-order valence-electron chi connectivity index (χ4n) is 3.28. The van der Waals surface area contributed by atoms with Crippen molar-refractivity contribution in [2.75, 3.05) is 39.3 Å². The zero-order valence-corrected chi connectivity index (χ0v) is 13.2. The first-order valence-corrected chi connectivity index (χ1v) is 8.02. The second kappa shape index (κ2) is 6.98. The number of carbonyl (C=O) groups is 1. The van der Waals surface area contributed by atoms with Crippen molar-refractivity contribution >= 4 is 5.91 Å². The number of carbonyl (C=O) groups excluding carboxylic acids is 1. The van der Waals surface area contributed by atoms with Crippen molar-refractivity contribution in [3.05, 3.63) is 29.8 Å². The van der Waals surface area contributed by atoms with Crippen LogP contribution in [0.4, 0.5) is 13.2 Å². The quantitative estimate of drug-likeness (QED) is 0.908. The van der Waals surface area contributed by atoms with Crippen LogP contribution in [0.3, 0.4) is 0 Å². The van der Waals surface area contributed by atoms with Crippen LogP contribution in [0.1, 0.15) is 16.8 Å². The van der Waals surface area contributed by atoms with Gasteiger partial charge in [-0.3, -0.25) is 9.69 Å². The number of alkyl halides is 3. The highest BCUT2D eigenvalue weighted by molar-refractivity contribution is 5.94. The molecule has 0 aliphatic carbocycles. The summed E-state index contributed by atoms with van der Waals surface area (Å²) in [5, 5.41) is 3.29. The van der Waals surface area contributed by atoms with Gasteiger partial charge in [-0.1, -0.05) is 6.07 Å². The highest BCUT2D eigenvalue weighted by Crippen LogP contribution is 2.25. The van der Waals surface area contributed by atoms with Gasteiger partial charge in [-0.2, -0.15) is 0 Å². The van der Waals surface area contributed by atoms with E-state index in [4.69, 9.17) is 0 Å². The molecule has 1 N–H and O–H groups in total. The summed E-state index contributed by atoms with van der Waals surface area (Å²) in [6.45, 7) is 5.05. The summed E-state index contributed by atoms with van der Waals surface area (Å²) in [5.74, 6) is -0.619. The van der Waals surface area contributed by atoms with Crippen LogP contribution in [0, 0.1) is 0 Å². The van der Waals surface area contributed by atoms with E-state index in [1.54, 1.807) is 4.90 Å². The molecule has 1 unspecified atom stereocenters.